The summed E-state index contributed by atoms with van der Waals surface area (Å²) < 4.78 is 25.6. The van der Waals surface area contributed by atoms with Gasteiger partial charge in [-0.15, -0.1) is 11.3 Å². The van der Waals surface area contributed by atoms with Crippen molar-refractivity contribution < 1.29 is 18.0 Å². The van der Waals surface area contributed by atoms with Gasteiger partial charge in [-0.2, -0.15) is 0 Å². The molecule has 0 aromatic carbocycles. The number of carbonyl (C=O) groups excluding carboxylic acids is 2. The van der Waals surface area contributed by atoms with Crippen molar-refractivity contribution in [1.29, 1.82) is 0 Å². The maximum Gasteiger partial charge on any atom is 0.273 e. The molecule has 172 valence electrons. The van der Waals surface area contributed by atoms with Gasteiger partial charge in [0.2, 0.25) is 15.9 Å². The van der Waals surface area contributed by atoms with E-state index in [0.29, 0.717) is 18.7 Å². The van der Waals surface area contributed by atoms with Gasteiger partial charge in [-0.05, 0) is 19.4 Å². The molecule has 4 rings (SSSR count). The average Bonchev–Trinajstić information content (AvgIpc) is 3.36. The fourth-order valence-electron chi connectivity index (χ4n) is 5.10. The number of aromatic nitrogens is 1. The highest BCUT2D eigenvalue weighted by molar-refractivity contribution is 7.88. The fraction of sp³-hybridized carbons (Fsp3) is 0.750. The number of hydrogen-bond donors (Lipinski definition) is 0. The number of sulfonamides is 1. The molecule has 0 bridgehead atoms. The van der Waals surface area contributed by atoms with Gasteiger partial charge in [-0.1, -0.05) is 13.8 Å². The summed E-state index contributed by atoms with van der Waals surface area (Å²) in [5.41, 5.74) is 0.391. The second-order valence-corrected chi connectivity index (χ2v) is 12.0. The van der Waals surface area contributed by atoms with Crippen LogP contribution in [0, 0.1) is 11.8 Å². The third-order valence-electron chi connectivity index (χ3n) is 6.65. The first kappa shape index (κ1) is 22.6. The zero-order valence-electron chi connectivity index (χ0n) is 18.5. The first-order chi connectivity index (χ1) is 14.6. The first-order valence-corrected chi connectivity index (χ1v) is 13.5. The van der Waals surface area contributed by atoms with E-state index in [1.54, 1.807) is 10.3 Å². The van der Waals surface area contributed by atoms with E-state index in [-0.39, 0.29) is 17.7 Å². The monoisotopic (exact) mass is 469 g/mol. The summed E-state index contributed by atoms with van der Waals surface area (Å²) in [4.78, 5) is 37.2. The van der Waals surface area contributed by atoms with Gasteiger partial charge < -0.3 is 9.80 Å². The van der Waals surface area contributed by atoms with Crippen molar-refractivity contribution in [1.82, 2.24) is 24.0 Å². The van der Waals surface area contributed by atoms with Gasteiger partial charge in [-0.3, -0.25) is 14.5 Å². The largest absolute Gasteiger partial charge is 0.331 e. The number of nitrogens with zero attached hydrogens (tertiary/aromatic N) is 5. The standard InChI is InChI=1S/C20H31N5O4S2/c1-13(2)17-18-15(25(20(17)27)31(4,28)29)5-6-24(18)19(26)14-12-30-16(21-14)11-23-9-7-22(3)8-10-23/h12-13,15,17-18H,5-11H2,1-4H3/t15-,17+,18-/m1/s1. The van der Waals surface area contributed by atoms with E-state index in [4.69, 9.17) is 0 Å². The third-order valence-corrected chi connectivity index (χ3v) is 8.65. The molecule has 0 saturated carbocycles. The molecular weight excluding hydrogens is 438 g/mol. The number of rotatable bonds is 5. The van der Waals surface area contributed by atoms with Gasteiger partial charge >= 0.3 is 0 Å². The van der Waals surface area contributed by atoms with Crippen molar-refractivity contribution in [3.05, 3.63) is 16.1 Å². The van der Waals surface area contributed by atoms with Crippen LogP contribution in [0.1, 0.15) is 35.8 Å². The number of fused-ring (bicyclic) bond motifs is 1. The van der Waals surface area contributed by atoms with Gasteiger partial charge in [-0.25, -0.2) is 17.7 Å². The van der Waals surface area contributed by atoms with Crippen LogP contribution in [-0.4, -0.2) is 102 Å². The minimum Gasteiger partial charge on any atom is -0.331 e. The summed E-state index contributed by atoms with van der Waals surface area (Å²) >= 11 is 1.48. The predicted molar refractivity (Wildman–Crippen MR) is 118 cm³/mol. The highest BCUT2D eigenvalue weighted by Crippen LogP contribution is 2.41. The van der Waals surface area contributed by atoms with Crippen molar-refractivity contribution in [3.63, 3.8) is 0 Å². The van der Waals surface area contributed by atoms with Crippen molar-refractivity contribution in [2.75, 3.05) is 46.0 Å². The van der Waals surface area contributed by atoms with Crippen LogP contribution >= 0.6 is 11.3 Å². The number of hydrogen-bond acceptors (Lipinski definition) is 8. The molecule has 11 heteroatoms. The van der Waals surface area contributed by atoms with Crippen LogP contribution in [0.2, 0.25) is 0 Å². The Hall–Kier alpha value is -1.56. The summed E-state index contributed by atoms with van der Waals surface area (Å²) in [6.07, 6.45) is 1.54. The van der Waals surface area contributed by atoms with Gasteiger partial charge in [0, 0.05) is 38.1 Å². The number of likely N-dealkylation sites (tertiary alicyclic amines) is 1. The molecule has 1 aromatic rings. The summed E-state index contributed by atoms with van der Waals surface area (Å²) in [6.45, 7) is 8.98. The number of likely N-dealkylation sites (N-methyl/N-ethyl adjacent to an activating group) is 1. The Morgan fingerprint density at radius 2 is 1.90 bits per heavy atom. The van der Waals surface area contributed by atoms with E-state index in [1.165, 1.54) is 11.3 Å². The summed E-state index contributed by atoms with van der Waals surface area (Å²) in [6, 6.07) is -0.917. The zero-order valence-corrected chi connectivity index (χ0v) is 20.2. The van der Waals surface area contributed by atoms with Crippen molar-refractivity contribution in [2.24, 2.45) is 11.8 Å². The van der Waals surface area contributed by atoms with Crippen molar-refractivity contribution in [2.45, 2.75) is 38.9 Å². The lowest BCUT2D eigenvalue weighted by molar-refractivity contribution is -0.129. The topological polar surface area (TPSA) is 94.1 Å². The Kier molecular flexibility index (Phi) is 6.14. The molecule has 3 saturated heterocycles. The minimum atomic E-state index is -3.68. The Bertz CT molecular complexity index is 955. The van der Waals surface area contributed by atoms with Crippen LogP contribution in [0.5, 0.6) is 0 Å². The molecule has 9 nitrogen and oxygen atoms in total. The lowest BCUT2D eigenvalue weighted by atomic mass is 9.88. The van der Waals surface area contributed by atoms with Crippen LogP contribution in [0.3, 0.4) is 0 Å². The molecule has 2 amide bonds. The van der Waals surface area contributed by atoms with Gasteiger partial charge in [0.25, 0.3) is 5.91 Å². The van der Waals surface area contributed by atoms with Crippen LogP contribution in [0.15, 0.2) is 5.38 Å². The lowest BCUT2D eigenvalue weighted by Crippen LogP contribution is -2.44. The second kappa shape index (κ2) is 8.42. The quantitative estimate of drug-likeness (QED) is 0.622. The highest BCUT2D eigenvalue weighted by Gasteiger charge is 2.58. The summed E-state index contributed by atoms with van der Waals surface area (Å²) in [7, 11) is -1.56. The lowest BCUT2D eigenvalue weighted by Gasteiger charge is -2.31. The number of piperazine rings is 1. The zero-order chi connectivity index (χ0) is 22.5. The van der Waals surface area contributed by atoms with Crippen LogP contribution in [0.4, 0.5) is 0 Å². The van der Waals surface area contributed by atoms with E-state index in [2.05, 4.69) is 21.8 Å². The Labute approximate surface area is 188 Å². The van der Waals surface area contributed by atoms with Gasteiger partial charge in [0.05, 0.1) is 30.8 Å². The summed E-state index contributed by atoms with van der Waals surface area (Å²) in [5, 5.41) is 2.70. The third kappa shape index (κ3) is 4.24. The minimum absolute atomic E-state index is 0.0663. The molecule has 0 N–H and O–H groups in total. The SMILES string of the molecule is CC(C)[C@@H]1C(=O)N(S(C)(=O)=O)[C@@H]2CCN(C(=O)c3csc(CN4CCN(C)CC4)n3)[C@H]21. The molecule has 3 aliphatic rings. The van der Waals surface area contributed by atoms with E-state index >= 15 is 0 Å². The molecule has 0 radical (unpaired) electrons. The molecule has 1 aromatic heterocycles. The van der Waals surface area contributed by atoms with E-state index in [1.807, 2.05) is 13.8 Å². The molecule has 3 atom stereocenters. The molecule has 4 heterocycles. The number of thiazole rings is 1. The smallest absolute Gasteiger partial charge is 0.273 e. The number of amides is 2. The average molecular weight is 470 g/mol. The van der Waals surface area contributed by atoms with Crippen LogP contribution in [0.25, 0.3) is 0 Å². The van der Waals surface area contributed by atoms with Crippen LogP contribution < -0.4 is 0 Å². The maximum absolute atomic E-state index is 13.3. The fourth-order valence-corrected chi connectivity index (χ4v) is 7.08. The van der Waals surface area contributed by atoms with E-state index < -0.39 is 28.0 Å². The molecule has 3 aliphatic heterocycles. The van der Waals surface area contributed by atoms with Crippen molar-refractivity contribution in [3.8, 4) is 0 Å². The molecule has 31 heavy (non-hydrogen) atoms. The number of carbonyl (C=O) groups is 2. The highest BCUT2D eigenvalue weighted by atomic mass is 32.2. The molecule has 0 aliphatic carbocycles. The van der Waals surface area contributed by atoms with Gasteiger partial charge in [0.15, 0.2) is 0 Å². The predicted octanol–water partition coefficient (Wildman–Crippen LogP) is 0.548. The Morgan fingerprint density at radius 1 is 1.23 bits per heavy atom. The molecule has 3 fully saturated rings. The van der Waals surface area contributed by atoms with Crippen molar-refractivity contribution >= 4 is 33.2 Å². The Balaban J connectivity index is 1.52. The van der Waals surface area contributed by atoms with Crippen LogP contribution in [-0.2, 0) is 21.4 Å². The first-order valence-electron chi connectivity index (χ1n) is 10.8. The summed E-state index contributed by atoms with van der Waals surface area (Å²) in [5.74, 6) is -1.18. The second-order valence-electron chi connectivity index (χ2n) is 9.22. The van der Waals surface area contributed by atoms with Gasteiger partial charge in [0.1, 0.15) is 10.7 Å². The molecule has 0 spiro atoms. The maximum atomic E-state index is 13.3. The molecule has 0 unspecified atom stereocenters. The molecular formula is C20H31N5O4S2. The normalized spacial score (nSPS) is 28.0. The Morgan fingerprint density at radius 3 is 2.52 bits per heavy atom. The van der Waals surface area contributed by atoms with E-state index in [9.17, 15) is 18.0 Å². The van der Waals surface area contributed by atoms with E-state index in [0.717, 1.165) is 48.3 Å².